The predicted molar refractivity (Wildman–Crippen MR) is 76.5 cm³/mol. The van der Waals surface area contributed by atoms with E-state index < -0.39 is 5.41 Å². The van der Waals surface area contributed by atoms with Gasteiger partial charge in [0.05, 0.1) is 17.3 Å². The Morgan fingerprint density at radius 2 is 2.19 bits per heavy atom. The minimum absolute atomic E-state index is 0.113. The molecule has 0 unspecified atom stereocenters. The van der Waals surface area contributed by atoms with Crippen LogP contribution in [0.5, 0.6) is 0 Å². The van der Waals surface area contributed by atoms with Gasteiger partial charge in [0.25, 0.3) is 0 Å². The maximum absolute atomic E-state index is 12.4. The smallest absolute Gasteiger partial charge is 0.241 e. The SMILES string of the molecule is CNC(=O)Cn1cc(NC(=O)C2(CN)CCOCC2)cn1. The molecule has 1 aliphatic heterocycles. The summed E-state index contributed by atoms with van der Waals surface area (Å²) in [5.41, 5.74) is 5.77. The zero-order chi connectivity index (χ0) is 15.3. The summed E-state index contributed by atoms with van der Waals surface area (Å²) in [6, 6.07) is 0. The number of nitrogens with one attached hydrogen (secondary N) is 2. The summed E-state index contributed by atoms with van der Waals surface area (Å²) in [5.74, 6) is -0.272. The van der Waals surface area contributed by atoms with Crippen molar-refractivity contribution in [2.75, 3.05) is 32.1 Å². The standard InChI is InChI=1S/C13H21N5O3/c1-15-11(19)8-18-7-10(6-16-18)17-12(20)13(9-14)2-4-21-5-3-13/h6-7H,2-5,8-9,14H2,1H3,(H,15,19)(H,17,20). The summed E-state index contributed by atoms with van der Waals surface area (Å²) in [6.07, 6.45) is 4.37. The van der Waals surface area contributed by atoms with Crippen LogP contribution < -0.4 is 16.4 Å². The van der Waals surface area contributed by atoms with Crippen LogP contribution in [0, 0.1) is 5.41 Å². The van der Waals surface area contributed by atoms with Crippen LogP contribution in [-0.4, -0.2) is 48.4 Å². The number of carbonyl (C=O) groups is 2. The van der Waals surface area contributed by atoms with Crippen molar-refractivity contribution in [1.82, 2.24) is 15.1 Å². The van der Waals surface area contributed by atoms with Crippen molar-refractivity contribution in [3.63, 3.8) is 0 Å². The fourth-order valence-electron chi connectivity index (χ4n) is 2.29. The minimum Gasteiger partial charge on any atom is -0.381 e. The number of likely N-dealkylation sites (N-methyl/N-ethyl adjacent to an activating group) is 1. The second kappa shape index (κ2) is 6.68. The number of anilines is 1. The molecule has 2 heterocycles. The predicted octanol–water partition coefficient (Wildman–Crippen LogP) is -0.677. The lowest BCUT2D eigenvalue weighted by atomic mass is 9.79. The molecule has 0 aliphatic carbocycles. The Morgan fingerprint density at radius 3 is 2.81 bits per heavy atom. The fraction of sp³-hybridized carbons (Fsp3) is 0.615. The lowest BCUT2D eigenvalue weighted by molar-refractivity contribution is -0.130. The van der Waals surface area contributed by atoms with Crippen LogP contribution in [-0.2, 0) is 20.9 Å². The van der Waals surface area contributed by atoms with Crippen LogP contribution in [0.15, 0.2) is 12.4 Å². The van der Waals surface area contributed by atoms with Crippen LogP contribution >= 0.6 is 0 Å². The molecule has 1 aliphatic rings. The first-order chi connectivity index (χ1) is 10.1. The number of nitrogens with zero attached hydrogens (tertiary/aromatic N) is 2. The molecular weight excluding hydrogens is 274 g/mol. The molecule has 1 aromatic rings. The molecular formula is C13H21N5O3. The van der Waals surface area contributed by atoms with Gasteiger partial charge in [-0.25, -0.2) is 0 Å². The number of nitrogens with two attached hydrogens (primary N) is 1. The van der Waals surface area contributed by atoms with Crippen LogP contribution in [0.2, 0.25) is 0 Å². The quantitative estimate of drug-likeness (QED) is 0.666. The Kier molecular flexibility index (Phi) is 4.92. The Balaban J connectivity index is 2.00. The molecule has 1 saturated heterocycles. The van der Waals surface area contributed by atoms with E-state index in [0.717, 1.165) is 0 Å². The summed E-state index contributed by atoms with van der Waals surface area (Å²) in [7, 11) is 1.56. The van der Waals surface area contributed by atoms with Gasteiger partial charge in [-0.3, -0.25) is 14.3 Å². The number of hydrogen-bond acceptors (Lipinski definition) is 5. The highest BCUT2D eigenvalue weighted by atomic mass is 16.5. The van der Waals surface area contributed by atoms with Crippen molar-refractivity contribution < 1.29 is 14.3 Å². The van der Waals surface area contributed by atoms with E-state index in [1.807, 2.05) is 0 Å². The van der Waals surface area contributed by atoms with E-state index in [1.165, 1.54) is 10.9 Å². The second-order valence-electron chi connectivity index (χ2n) is 5.15. The van der Waals surface area contributed by atoms with E-state index in [2.05, 4.69) is 15.7 Å². The molecule has 1 fully saturated rings. The highest BCUT2D eigenvalue weighted by Crippen LogP contribution is 2.30. The maximum atomic E-state index is 12.4. The highest BCUT2D eigenvalue weighted by Gasteiger charge is 2.38. The van der Waals surface area contributed by atoms with Crippen LogP contribution in [0.1, 0.15) is 12.8 Å². The Morgan fingerprint density at radius 1 is 1.48 bits per heavy atom. The van der Waals surface area contributed by atoms with Gasteiger partial charge in [0.15, 0.2) is 0 Å². The molecule has 2 amide bonds. The van der Waals surface area contributed by atoms with E-state index in [-0.39, 0.29) is 24.9 Å². The van der Waals surface area contributed by atoms with E-state index in [0.29, 0.717) is 31.7 Å². The minimum atomic E-state index is -0.582. The number of hydrogen-bond donors (Lipinski definition) is 3. The summed E-state index contributed by atoms with van der Waals surface area (Å²) in [4.78, 5) is 23.7. The molecule has 21 heavy (non-hydrogen) atoms. The Labute approximate surface area is 123 Å². The van der Waals surface area contributed by atoms with E-state index >= 15 is 0 Å². The third-order valence-electron chi connectivity index (χ3n) is 3.80. The number of rotatable bonds is 5. The summed E-state index contributed by atoms with van der Waals surface area (Å²) in [5, 5.41) is 9.37. The van der Waals surface area contributed by atoms with Crippen LogP contribution in [0.3, 0.4) is 0 Å². The number of aromatic nitrogens is 2. The van der Waals surface area contributed by atoms with Crippen molar-refractivity contribution in [2.24, 2.45) is 11.1 Å². The molecule has 116 valence electrons. The first kappa shape index (κ1) is 15.5. The van der Waals surface area contributed by atoms with Crippen molar-refractivity contribution in [1.29, 1.82) is 0 Å². The average molecular weight is 295 g/mol. The zero-order valence-electron chi connectivity index (χ0n) is 12.1. The van der Waals surface area contributed by atoms with Gasteiger partial charge < -0.3 is 21.1 Å². The van der Waals surface area contributed by atoms with E-state index in [4.69, 9.17) is 10.5 Å². The van der Waals surface area contributed by atoms with Gasteiger partial charge >= 0.3 is 0 Å². The van der Waals surface area contributed by atoms with Gasteiger partial charge in [-0.1, -0.05) is 0 Å². The molecule has 0 bridgehead atoms. The van der Waals surface area contributed by atoms with Gasteiger partial charge in [-0.15, -0.1) is 0 Å². The maximum Gasteiger partial charge on any atom is 0.241 e. The third kappa shape index (κ3) is 3.59. The Bertz CT molecular complexity index is 508. The molecule has 0 atom stereocenters. The zero-order valence-corrected chi connectivity index (χ0v) is 12.1. The molecule has 2 rings (SSSR count). The molecule has 0 spiro atoms. The van der Waals surface area contributed by atoms with Crippen molar-refractivity contribution in [2.45, 2.75) is 19.4 Å². The lowest BCUT2D eigenvalue weighted by Crippen LogP contribution is -2.46. The van der Waals surface area contributed by atoms with Crippen molar-refractivity contribution in [3.8, 4) is 0 Å². The topological polar surface area (TPSA) is 111 Å². The van der Waals surface area contributed by atoms with Gasteiger partial charge in [-0.2, -0.15) is 5.10 Å². The Hall–Kier alpha value is -1.93. The fourth-order valence-corrected chi connectivity index (χ4v) is 2.29. The van der Waals surface area contributed by atoms with E-state index in [9.17, 15) is 9.59 Å². The van der Waals surface area contributed by atoms with Gasteiger partial charge in [0.1, 0.15) is 6.54 Å². The molecule has 1 aromatic heterocycles. The number of amides is 2. The summed E-state index contributed by atoms with van der Waals surface area (Å²) >= 11 is 0. The normalized spacial score (nSPS) is 17.2. The van der Waals surface area contributed by atoms with Crippen molar-refractivity contribution >= 4 is 17.5 Å². The summed E-state index contributed by atoms with van der Waals surface area (Å²) < 4.78 is 6.76. The first-order valence-electron chi connectivity index (χ1n) is 6.92. The first-order valence-corrected chi connectivity index (χ1v) is 6.92. The molecule has 8 nitrogen and oxygen atoms in total. The van der Waals surface area contributed by atoms with Gasteiger partial charge in [0.2, 0.25) is 11.8 Å². The number of carbonyl (C=O) groups excluding carboxylic acids is 2. The average Bonchev–Trinajstić information content (AvgIpc) is 2.94. The largest absolute Gasteiger partial charge is 0.381 e. The lowest BCUT2D eigenvalue weighted by Gasteiger charge is -2.34. The molecule has 4 N–H and O–H groups in total. The monoisotopic (exact) mass is 295 g/mol. The van der Waals surface area contributed by atoms with Gasteiger partial charge in [0, 0.05) is 33.0 Å². The molecule has 0 radical (unpaired) electrons. The van der Waals surface area contributed by atoms with Gasteiger partial charge in [-0.05, 0) is 12.8 Å². The van der Waals surface area contributed by atoms with Crippen molar-refractivity contribution in [3.05, 3.63) is 12.4 Å². The highest BCUT2D eigenvalue weighted by molar-refractivity contribution is 5.95. The summed E-state index contributed by atoms with van der Waals surface area (Å²) in [6.45, 7) is 1.48. The second-order valence-corrected chi connectivity index (χ2v) is 5.15. The third-order valence-corrected chi connectivity index (χ3v) is 3.80. The number of ether oxygens (including phenoxy) is 1. The van der Waals surface area contributed by atoms with Crippen LogP contribution in [0.4, 0.5) is 5.69 Å². The van der Waals surface area contributed by atoms with E-state index in [1.54, 1.807) is 13.2 Å². The molecule has 0 aromatic carbocycles. The molecule has 8 heteroatoms. The van der Waals surface area contributed by atoms with Crippen LogP contribution in [0.25, 0.3) is 0 Å². The molecule has 0 saturated carbocycles.